The van der Waals surface area contributed by atoms with Gasteiger partial charge in [-0.1, -0.05) is 0 Å². The van der Waals surface area contributed by atoms with E-state index in [0.29, 0.717) is 17.9 Å². The average Bonchev–Trinajstić information content (AvgIpc) is 2.17. The van der Waals surface area contributed by atoms with Crippen molar-refractivity contribution in [3.63, 3.8) is 0 Å². The van der Waals surface area contributed by atoms with Crippen molar-refractivity contribution < 1.29 is 9.53 Å². The number of amides is 1. The third kappa shape index (κ3) is 2.70. The fourth-order valence-corrected chi connectivity index (χ4v) is 1.85. The number of hydrogen-bond acceptors (Lipinski definition) is 3. The molecule has 0 fully saturated rings. The molecule has 2 rings (SSSR count). The number of nitrogens with two attached hydrogens (primary N) is 1. The molecule has 1 aliphatic heterocycles. The van der Waals surface area contributed by atoms with E-state index in [1.54, 1.807) is 0 Å². The Morgan fingerprint density at radius 3 is 2.65 bits per heavy atom. The first-order chi connectivity index (χ1) is 7.85. The van der Waals surface area contributed by atoms with E-state index in [4.69, 9.17) is 10.5 Å². The van der Waals surface area contributed by atoms with Gasteiger partial charge in [-0.05, 0) is 38.8 Å². The van der Waals surface area contributed by atoms with Gasteiger partial charge in [-0.2, -0.15) is 0 Å². The molecule has 0 spiro atoms. The Hall–Kier alpha value is -1.71. The summed E-state index contributed by atoms with van der Waals surface area (Å²) < 4.78 is 5.76. The topological polar surface area (TPSA) is 64.3 Å². The van der Waals surface area contributed by atoms with Gasteiger partial charge in [0, 0.05) is 18.2 Å². The molecule has 3 N–H and O–H groups in total. The number of ether oxygens (including phenoxy) is 1. The molecule has 92 valence electrons. The van der Waals surface area contributed by atoms with Crippen molar-refractivity contribution in [2.75, 3.05) is 11.1 Å². The molecule has 0 aliphatic carbocycles. The van der Waals surface area contributed by atoms with Crippen molar-refractivity contribution in [3.05, 3.63) is 17.7 Å². The van der Waals surface area contributed by atoms with Gasteiger partial charge in [0.25, 0.3) is 0 Å². The maximum atomic E-state index is 11.3. The minimum Gasteiger partial charge on any atom is -0.486 e. The van der Waals surface area contributed by atoms with Crippen molar-refractivity contribution in [2.45, 2.75) is 39.2 Å². The maximum absolute atomic E-state index is 11.3. The van der Waals surface area contributed by atoms with Gasteiger partial charge in [0.1, 0.15) is 11.4 Å². The van der Waals surface area contributed by atoms with Crippen LogP contribution in [-0.4, -0.2) is 11.5 Å². The first-order valence-electron chi connectivity index (χ1n) is 5.76. The van der Waals surface area contributed by atoms with E-state index in [0.717, 1.165) is 17.7 Å². The van der Waals surface area contributed by atoms with Crippen LogP contribution in [0.3, 0.4) is 0 Å². The summed E-state index contributed by atoms with van der Waals surface area (Å²) in [5.41, 5.74) is 8.15. The summed E-state index contributed by atoms with van der Waals surface area (Å²) in [7, 11) is 0. The van der Waals surface area contributed by atoms with E-state index >= 15 is 0 Å². The van der Waals surface area contributed by atoms with Gasteiger partial charge in [-0.25, -0.2) is 0 Å². The molecule has 1 amide bonds. The largest absolute Gasteiger partial charge is 0.486 e. The van der Waals surface area contributed by atoms with Crippen LogP contribution in [0.15, 0.2) is 12.1 Å². The Labute approximate surface area is 101 Å². The van der Waals surface area contributed by atoms with Crippen LogP contribution in [0.5, 0.6) is 5.75 Å². The molecular weight excluding hydrogens is 216 g/mol. The molecule has 1 aromatic rings. The number of fused-ring (bicyclic) bond motifs is 1. The molecule has 0 unspecified atom stereocenters. The molecule has 0 radical (unpaired) electrons. The molecule has 17 heavy (non-hydrogen) atoms. The lowest BCUT2D eigenvalue weighted by atomic mass is 10.0. The number of benzene rings is 1. The van der Waals surface area contributed by atoms with Crippen LogP contribution in [0, 0.1) is 0 Å². The fourth-order valence-electron chi connectivity index (χ4n) is 1.85. The molecule has 0 saturated heterocycles. The molecule has 1 heterocycles. The second-order valence-corrected chi connectivity index (χ2v) is 5.31. The lowest BCUT2D eigenvalue weighted by Crippen LogP contribution is -2.24. The quantitative estimate of drug-likeness (QED) is 0.733. The third-order valence-corrected chi connectivity index (χ3v) is 2.55. The number of carbonyl (C=O) groups is 1. The van der Waals surface area contributed by atoms with Crippen LogP contribution in [0.2, 0.25) is 0 Å². The molecule has 4 heteroatoms. The van der Waals surface area contributed by atoms with Gasteiger partial charge < -0.3 is 15.8 Å². The van der Waals surface area contributed by atoms with Crippen molar-refractivity contribution in [3.8, 4) is 5.75 Å². The van der Waals surface area contributed by atoms with Crippen molar-refractivity contribution in [2.24, 2.45) is 0 Å². The third-order valence-electron chi connectivity index (χ3n) is 2.55. The van der Waals surface area contributed by atoms with Gasteiger partial charge in [0.15, 0.2) is 0 Å². The highest BCUT2D eigenvalue weighted by Gasteiger charge is 2.19. The minimum atomic E-state index is -0.305. The molecule has 1 aliphatic rings. The van der Waals surface area contributed by atoms with Crippen molar-refractivity contribution in [1.29, 1.82) is 0 Å². The zero-order valence-corrected chi connectivity index (χ0v) is 10.5. The second kappa shape index (κ2) is 3.95. The first kappa shape index (κ1) is 11.8. The highest BCUT2D eigenvalue weighted by Crippen LogP contribution is 2.34. The van der Waals surface area contributed by atoms with E-state index in [2.05, 4.69) is 5.32 Å². The summed E-state index contributed by atoms with van der Waals surface area (Å²) in [6.07, 6.45) is 1.26. The molecule has 4 nitrogen and oxygen atoms in total. The van der Waals surface area contributed by atoms with Crippen LogP contribution in [0.25, 0.3) is 0 Å². The van der Waals surface area contributed by atoms with E-state index < -0.39 is 0 Å². The van der Waals surface area contributed by atoms with Gasteiger partial charge in [0.2, 0.25) is 5.91 Å². The van der Waals surface area contributed by atoms with E-state index in [-0.39, 0.29) is 11.5 Å². The van der Waals surface area contributed by atoms with E-state index in [1.807, 2.05) is 32.9 Å². The smallest absolute Gasteiger partial charge is 0.224 e. The summed E-state index contributed by atoms with van der Waals surface area (Å²) >= 11 is 0. The fraction of sp³-hybridized carbons (Fsp3) is 0.462. The van der Waals surface area contributed by atoms with Crippen LogP contribution in [-0.2, 0) is 11.2 Å². The number of rotatable bonds is 1. The lowest BCUT2D eigenvalue weighted by Gasteiger charge is -2.25. The summed E-state index contributed by atoms with van der Waals surface area (Å²) in [6, 6.07) is 3.70. The Morgan fingerprint density at radius 2 is 2.00 bits per heavy atom. The second-order valence-electron chi connectivity index (χ2n) is 5.31. The Balaban J connectivity index is 2.35. The summed E-state index contributed by atoms with van der Waals surface area (Å²) in [6.45, 7) is 5.89. The first-order valence-corrected chi connectivity index (χ1v) is 5.76. The van der Waals surface area contributed by atoms with Gasteiger partial charge in [0.05, 0.1) is 5.69 Å². The molecule has 0 atom stereocenters. The normalized spacial score (nSPS) is 15.1. The number of carbonyl (C=O) groups excluding carboxylic acids is 1. The Morgan fingerprint density at radius 1 is 1.29 bits per heavy atom. The average molecular weight is 234 g/mol. The molecule has 0 saturated carbocycles. The summed E-state index contributed by atoms with van der Waals surface area (Å²) in [5, 5.41) is 2.84. The SMILES string of the molecule is CC(C)(C)Oc1cc2c(cc1N)CCC(=O)N2. The summed E-state index contributed by atoms with van der Waals surface area (Å²) in [4.78, 5) is 11.3. The maximum Gasteiger partial charge on any atom is 0.224 e. The highest BCUT2D eigenvalue weighted by atomic mass is 16.5. The van der Waals surface area contributed by atoms with Crippen LogP contribution in [0.1, 0.15) is 32.8 Å². The standard InChI is InChI=1S/C13H18N2O2/c1-13(2,3)17-11-7-10-8(6-9(11)14)4-5-12(16)15-10/h6-7H,4-5,14H2,1-3H3,(H,15,16). The zero-order valence-electron chi connectivity index (χ0n) is 10.5. The highest BCUT2D eigenvalue weighted by molar-refractivity contribution is 5.94. The molecular formula is C13H18N2O2. The monoisotopic (exact) mass is 234 g/mol. The van der Waals surface area contributed by atoms with Crippen molar-refractivity contribution in [1.82, 2.24) is 0 Å². The Bertz CT molecular complexity index is 461. The van der Waals surface area contributed by atoms with Crippen LogP contribution in [0.4, 0.5) is 11.4 Å². The van der Waals surface area contributed by atoms with Gasteiger partial charge in [-0.3, -0.25) is 4.79 Å². The van der Waals surface area contributed by atoms with Crippen molar-refractivity contribution >= 4 is 17.3 Å². The minimum absolute atomic E-state index is 0.0454. The van der Waals surface area contributed by atoms with Gasteiger partial charge >= 0.3 is 0 Å². The van der Waals surface area contributed by atoms with Gasteiger partial charge in [-0.15, -0.1) is 0 Å². The Kier molecular flexibility index (Phi) is 2.73. The lowest BCUT2D eigenvalue weighted by molar-refractivity contribution is -0.116. The number of nitrogen functional groups attached to an aromatic ring is 1. The number of anilines is 2. The predicted octanol–water partition coefficient (Wildman–Crippen LogP) is 2.33. The molecule has 0 bridgehead atoms. The van der Waals surface area contributed by atoms with E-state index in [9.17, 15) is 4.79 Å². The number of nitrogens with one attached hydrogen (secondary N) is 1. The summed E-state index contributed by atoms with van der Waals surface area (Å²) in [5.74, 6) is 0.669. The number of hydrogen-bond donors (Lipinski definition) is 2. The van der Waals surface area contributed by atoms with Crippen LogP contribution >= 0.6 is 0 Å². The predicted molar refractivity (Wildman–Crippen MR) is 68.2 cm³/mol. The zero-order chi connectivity index (χ0) is 12.6. The molecule has 0 aromatic heterocycles. The number of aryl methyl sites for hydroxylation is 1. The van der Waals surface area contributed by atoms with E-state index in [1.165, 1.54) is 0 Å². The molecule has 1 aromatic carbocycles. The van der Waals surface area contributed by atoms with Crippen LogP contribution < -0.4 is 15.8 Å².